The van der Waals surface area contributed by atoms with Gasteiger partial charge in [-0.15, -0.1) is 0 Å². The van der Waals surface area contributed by atoms with E-state index in [0.717, 1.165) is 17.7 Å². The molecule has 1 N–H and O–H groups in total. The number of carbonyl (C=O) groups is 1. The number of aliphatic carboxylic acids is 1. The molecule has 0 spiro atoms. The van der Waals surface area contributed by atoms with Crippen LogP contribution in [0.25, 0.3) is 17.2 Å². The van der Waals surface area contributed by atoms with Crippen LogP contribution < -0.4 is 4.74 Å². The van der Waals surface area contributed by atoms with E-state index in [1.54, 1.807) is 30.3 Å². The van der Waals surface area contributed by atoms with E-state index in [2.05, 4.69) is 0 Å². The summed E-state index contributed by atoms with van der Waals surface area (Å²) in [6.07, 6.45) is -2.89. The van der Waals surface area contributed by atoms with Crippen LogP contribution in [-0.2, 0) is 17.4 Å². The van der Waals surface area contributed by atoms with Gasteiger partial charge in [0.25, 0.3) is 0 Å². The second-order valence-electron chi connectivity index (χ2n) is 9.27. The molecule has 0 aromatic heterocycles. The minimum atomic E-state index is -4.48. The fraction of sp³-hybridized carbons (Fsp3) is 0.0938. The lowest BCUT2D eigenvalue weighted by Gasteiger charge is -2.12. The van der Waals surface area contributed by atoms with Crippen LogP contribution in [0.3, 0.4) is 0 Å². The molecule has 0 heterocycles. The normalized spacial score (nSPS) is 14.0. The highest BCUT2D eigenvalue weighted by molar-refractivity contribution is 6.08. The molecular weight excluding hydrogens is 527 g/mol. The topological polar surface area (TPSA) is 46.5 Å². The molecule has 0 bridgehead atoms. The molecule has 0 saturated carbocycles. The summed E-state index contributed by atoms with van der Waals surface area (Å²) in [6.45, 7) is 0. The van der Waals surface area contributed by atoms with E-state index in [0.29, 0.717) is 44.9 Å². The Balaban J connectivity index is 1.53. The fourth-order valence-electron chi connectivity index (χ4n) is 4.66. The smallest absolute Gasteiger partial charge is 0.416 e. The molecule has 4 aromatic carbocycles. The van der Waals surface area contributed by atoms with Crippen LogP contribution in [0.4, 0.5) is 22.0 Å². The Morgan fingerprint density at radius 3 is 1.95 bits per heavy atom. The number of carboxylic acid groups (broad SMARTS) is 1. The number of carboxylic acids is 1. The summed E-state index contributed by atoms with van der Waals surface area (Å²) in [5.74, 6) is -1.06. The molecule has 8 heteroatoms. The number of allylic oxidation sites excluding steroid dienone is 2. The van der Waals surface area contributed by atoms with Crippen LogP contribution in [0.5, 0.6) is 11.5 Å². The van der Waals surface area contributed by atoms with Crippen molar-refractivity contribution in [3.05, 3.63) is 136 Å². The van der Waals surface area contributed by atoms with Crippen LogP contribution in [0, 0.1) is 11.6 Å². The van der Waals surface area contributed by atoms with Gasteiger partial charge in [-0.2, -0.15) is 13.2 Å². The zero-order chi connectivity index (χ0) is 28.4. The third-order valence-corrected chi connectivity index (χ3v) is 6.52. The number of alkyl halides is 3. The molecule has 5 rings (SSSR count). The van der Waals surface area contributed by atoms with Crippen molar-refractivity contribution in [1.82, 2.24) is 0 Å². The lowest BCUT2D eigenvalue weighted by Crippen LogP contribution is -2.05. The number of benzene rings is 4. The van der Waals surface area contributed by atoms with E-state index in [-0.39, 0.29) is 18.7 Å². The van der Waals surface area contributed by atoms with Gasteiger partial charge < -0.3 is 9.84 Å². The number of fused-ring (bicyclic) bond motifs is 1. The molecule has 0 unspecified atom stereocenters. The van der Waals surface area contributed by atoms with Gasteiger partial charge in [0.05, 0.1) is 12.0 Å². The van der Waals surface area contributed by atoms with E-state index in [1.165, 1.54) is 48.5 Å². The molecule has 4 aromatic rings. The summed E-state index contributed by atoms with van der Waals surface area (Å²) in [4.78, 5) is 11.8. The lowest BCUT2D eigenvalue weighted by atomic mass is 9.94. The van der Waals surface area contributed by atoms with Crippen molar-refractivity contribution < 1.29 is 36.6 Å². The Labute approximate surface area is 226 Å². The molecule has 0 amide bonds. The predicted octanol–water partition coefficient (Wildman–Crippen LogP) is 8.80. The SMILES string of the molecule is O=C(O)CC1=C(Cc2ccc(C(F)(F)F)cc2)/C(=C/c2ccc(Oc3ccc(F)cc3)cc2)c2ccc(F)cc21. The minimum absolute atomic E-state index is 0.147. The summed E-state index contributed by atoms with van der Waals surface area (Å²) >= 11 is 0. The van der Waals surface area contributed by atoms with Crippen LogP contribution in [0.2, 0.25) is 0 Å². The van der Waals surface area contributed by atoms with Crippen molar-refractivity contribution in [3.8, 4) is 11.5 Å². The molecule has 3 nitrogen and oxygen atoms in total. The highest BCUT2D eigenvalue weighted by Gasteiger charge is 2.31. The van der Waals surface area contributed by atoms with E-state index in [4.69, 9.17) is 4.74 Å². The van der Waals surface area contributed by atoms with Gasteiger partial charge in [0.15, 0.2) is 0 Å². The first-order chi connectivity index (χ1) is 19.1. The zero-order valence-corrected chi connectivity index (χ0v) is 20.8. The molecule has 0 atom stereocenters. The van der Waals surface area contributed by atoms with Crippen molar-refractivity contribution in [2.45, 2.75) is 19.0 Å². The van der Waals surface area contributed by atoms with E-state index in [9.17, 15) is 31.9 Å². The Bertz CT molecular complexity index is 1620. The van der Waals surface area contributed by atoms with E-state index < -0.39 is 23.5 Å². The number of ether oxygens (including phenoxy) is 1. The van der Waals surface area contributed by atoms with Gasteiger partial charge in [-0.05, 0) is 112 Å². The highest BCUT2D eigenvalue weighted by Crippen LogP contribution is 2.45. The maximum atomic E-state index is 14.3. The van der Waals surface area contributed by atoms with Gasteiger partial charge >= 0.3 is 12.1 Å². The maximum Gasteiger partial charge on any atom is 0.416 e. The van der Waals surface area contributed by atoms with Crippen molar-refractivity contribution in [2.24, 2.45) is 0 Å². The first kappa shape index (κ1) is 26.9. The molecule has 202 valence electrons. The molecule has 1 aliphatic rings. The standard InChI is InChI=1S/C32H21F5O3/c33-22-7-12-25(13-8-22)40-24-10-3-20(4-11-24)15-27-26-14-9-23(34)17-29(26)30(18-31(38)39)28(27)16-19-1-5-21(6-2-19)32(35,36)37/h1-15,17H,16,18H2,(H,38,39)/b27-15+. The first-order valence-corrected chi connectivity index (χ1v) is 12.2. The molecule has 0 saturated heterocycles. The maximum absolute atomic E-state index is 14.3. The molecule has 0 aliphatic heterocycles. The summed E-state index contributed by atoms with van der Waals surface area (Å²) in [6, 6.07) is 21.4. The Kier molecular flexibility index (Phi) is 7.26. The molecule has 1 aliphatic carbocycles. The van der Waals surface area contributed by atoms with Gasteiger partial charge in [0, 0.05) is 0 Å². The fourth-order valence-corrected chi connectivity index (χ4v) is 4.66. The largest absolute Gasteiger partial charge is 0.481 e. The second-order valence-corrected chi connectivity index (χ2v) is 9.27. The second kappa shape index (κ2) is 10.8. The molecular formula is C32H21F5O3. The average molecular weight is 549 g/mol. The summed E-state index contributed by atoms with van der Waals surface area (Å²) in [5, 5.41) is 9.61. The van der Waals surface area contributed by atoms with Crippen molar-refractivity contribution in [2.75, 3.05) is 0 Å². The van der Waals surface area contributed by atoms with Gasteiger partial charge in [-0.25, -0.2) is 8.78 Å². The minimum Gasteiger partial charge on any atom is -0.481 e. The van der Waals surface area contributed by atoms with Gasteiger partial charge in [0.1, 0.15) is 23.1 Å². The van der Waals surface area contributed by atoms with Crippen LogP contribution >= 0.6 is 0 Å². The molecule has 0 fully saturated rings. The van der Waals surface area contributed by atoms with Gasteiger partial charge in [0.2, 0.25) is 0 Å². The lowest BCUT2D eigenvalue weighted by molar-refractivity contribution is -0.138. The first-order valence-electron chi connectivity index (χ1n) is 12.2. The van der Waals surface area contributed by atoms with E-state index in [1.807, 2.05) is 6.08 Å². The molecule has 40 heavy (non-hydrogen) atoms. The van der Waals surface area contributed by atoms with Crippen molar-refractivity contribution in [3.63, 3.8) is 0 Å². The van der Waals surface area contributed by atoms with Crippen molar-refractivity contribution in [1.29, 1.82) is 0 Å². The van der Waals surface area contributed by atoms with Crippen molar-refractivity contribution >= 4 is 23.2 Å². The summed E-state index contributed by atoms with van der Waals surface area (Å²) in [7, 11) is 0. The highest BCUT2D eigenvalue weighted by atomic mass is 19.4. The van der Waals surface area contributed by atoms with Gasteiger partial charge in [-0.1, -0.05) is 30.3 Å². The summed E-state index contributed by atoms with van der Waals surface area (Å²) < 4.78 is 72.4. The molecule has 0 radical (unpaired) electrons. The Hall–Kier alpha value is -4.72. The average Bonchev–Trinajstić information content (AvgIpc) is 3.17. The van der Waals surface area contributed by atoms with Crippen LogP contribution in [0.1, 0.15) is 34.2 Å². The summed E-state index contributed by atoms with van der Waals surface area (Å²) in [5.41, 5.74) is 3.22. The predicted molar refractivity (Wildman–Crippen MR) is 142 cm³/mol. The van der Waals surface area contributed by atoms with E-state index >= 15 is 0 Å². The van der Waals surface area contributed by atoms with Crippen LogP contribution in [-0.4, -0.2) is 11.1 Å². The quantitative estimate of drug-likeness (QED) is 0.235. The third-order valence-electron chi connectivity index (χ3n) is 6.52. The zero-order valence-electron chi connectivity index (χ0n) is 20.8. The Morgan fingerprint density at radius 2 is 1.35 bits per heavy atom. The Morgan fingerprint density at radius 1 is 0.750 bits per heavy atom. The third kappa shape index (κ3) is 5.96. The number of hydrogen-bond donors (Lipinski definition) is 1. The monoisotopic (exact) mass is 548 g/mol. The number of hydrogen-bond acceptors (Lipinski definition) is 2. The van der Waals surface area contributed by atoms with Crippen LogP contribution in [0.15, 0.2) is 96.6 Å². The number of rotatable bonds is 7. The number of halogens is 5. The van der Waals surface area contributed by atoms with Gasteiger partial charge in [-0.3, -0.25) is 4.79 Å².